The predicted octanol–water partition coefficient (Wildman–Crippen LogP) is 3.51. The highest BCUT2D eigenvalue weighted by molar-refractivity contribution is 7.62. The highest BCUT2D eigenvalue weighted by Gasteiger charge is 2.35. The third-order valence-corrected chi connectivity index (χ3v) is 4.76. The molecule has 1 unspecified atom stereocenters. The van der Waals surface area contributed by atoms with Crippen LogP contribution >= 0.6 is 7.60 Å². The molecule has 3 rings (SSSR count). The van der Waals surface area contributed by atoms with Crippen LogP contribution in [0.4, 0.5) is 0 Å². The van der Waals surface area contributed by atoms with Gasteiger partial charge < -0.3 is 9.42 Å². The second kappa shape index (κ2) is 4.52. The summed E-state index contributed by atoms with van der Waals surface area (Å²) in [4.78, 5) is 10.1. The Balaban J connectivity index is 2.28. The van der Waals surface area contributed by atoms with E-state index in [-0.39, 0.29) is 0 Å². The molecule has 0 aliphatic carbocycles. The van der Waals surface area contributed by atoms with Gasteiger partial charge >= 0.3 is 7.60 Å². The van der Waals surface area contributed by atoms with E-state index in [9.17, 15) is 9.46 Å². The molecule has 3 nitrogen and oxygen atoms in total. The molecule has 0 saturated carbocycles. The van der Waals surface area contributed by atoms with Gasteiger partial charge in [0.2, 0.25) is 0 Å². The number of hydrogen-bond acceptors (Lipinski definition) is 2. The highest BCUT2D eigenvalue weighted by Crippen LogP contribution is 2.52. The van der Waals surface area contributed by atoms with Crippen LogP contribution in [0.15, 0.2) is 42.5 Å². The Hall–Kier alpha value is -1.57. The van der Waals surface area contributed by atoms with Gasteiger partial charge in [-0.3, -0.25) is 0 Å². The normalized spacial score (nSPS) is 20.3. The largest absolute Gasteiger partial charge is 0.420 e. The molecule has 2 aromatic carbocycles. The van der Waals surface area contributed by atoms with E-state index in [4.69, 9.17) is 4.52 Å². The van der Waals surface area contributed by atoms with E-state index in [0.29, 0.717) is 11.1 Å². The fourth-order valence-corrected chi connectivity index (χ4v) is 3.83. The molecule has 4 heteroatoms. The molecule has 1 aliphatic rings. The highest BCUT2D eigenvalue weighted by atomic mass is 31.2. The zero-order valence-electron chi connectivity index (χ0n) is 10.7. The Kier molecular flexibility index (Phi) is 2.96. The van der Waals surface area contributed by atoms with Crippen molar-refractivity contribution in [2.45, 2.75) is 19.8 Å². The van der Waals surface area contributed by atoms with Crippen LogP contribution in [0.1, 0.15) is 18.9 Å². The van der Waals surface area contributed by atoms with Gasteiger partial charge in [-0.25, -0.2) is 4.57 Å². The summed E-state index contributed by atoms with van der Waals surface area (Å²) in [5, 5.41) is 0.385. The van der Waals surface area contributed by atoms with Crippen molar-refractivity contribution >= 4 is 12.9 Å². The second-order valence-corrected chi connectivity index (χ2v) is 6.38. The molecule has 1 N–H and O–H groups in total. The maximum Gasteiger partial charge on any atom is 0.408 e. The van der Waals surface area contributed by atoms with Crippen LogP contribution in [0.2, 0.25) is 0 Å². The summed E-state index contributed by atoms with van der Waals surface area (Å²) in [5.74, 6) is 0.564. The Bertz CT molecular complexity index is 679. The lowest BCUT2D eigenvalue weighted by Gasteiger charge is -2.26. The van der Waals surface area contributed by atoms with Gasteiger partial charge in [-0.15, -0.1) is 0 Å². The van der Waals surface area contributed by atoms with Crippen LogP contribution in [0.5, 0.6) is 5.75 Å². The Morgan fingerprint density at radius 1 is 1.11 bits per heavy atom. The quantitative estimate of drug-likeness (QED) is 0.852. The molecular formula is C15H15O3P. The van der Waals surface area contributed by atoms with E-state index >= 15 is 0 Å². The van der Waals surface area contributed by atoms with Gasteiger partial charge in [-0.2, -0.15) is 0 Å². The first-order chi connectivity index (χ1) is 9.13. The summed E-state index contributed by atoms with van der Waals surface area (Å²) < 4.78 is 17.7. The van der Waals surface area contributed by atoms with Gasteiger partial charge in [0.1, 0.15) is 5.75 Å². The Morgan fingerprint density at radius 2 is 1.84 bits per heavy atom. The SMILES string of the molecule is CCCc1cccc2c1OP(=O)(O)c1ccccc1-2. The van der Waals surface area contributed by atoms with E-state index in [1.54, 1.807) is 12.1 Å². The first-order valence-corrected chi connectivity index (χ1v) is 7.95. The Labute approximate surface area is 112 Å². The van der Waals surface area contributed by atoms with Crippen LogP contribution in [0.25, 0.3) is 11.1 Å². The first kappa shape index (κ1) is 12.5. The molecule has 0 bridgehead atoms. The first-order valence-electron chi connectivity index (χ1n) is 6.37. The molecule has 19 heavy (non-hydrogen) atoms. The number of rotatable bonds is 2. The van der Waals surface area contributed by atoms with Crippen LogP contribution < -0.4 is 9.83 Å². The zero-order valence-corrected chi connectivity index (χ0v) is 11.6. The van der Waals surface area contributed by atoms with E-state index < -0.39 is 7.60 Å². The third-order valence-electron chi connectivity index (χ3n) is 3.33. The van der Waals surface area contributed by atoms with Crippen molar-refractivity contribution in [1.82, 2.24) is 0 Å². The maximum atomic E-state index is 12.3. The van der Waals surface area contributed by atoms with Gasteiger partial charge in [-0.05, 0) is 18.1 Å². The predicted molar refractivity (Wildman–Crippen MR) is 76.0 cm³/mol. The Morgan fingerprint density at radius 3 is 2.63 bits per heavy atom. The number of benzene rings is 2. The number of aryl methyl sites for hydroxylation is 1. The lowest BCUT2D eigenvalue weighted by atomic mass is 9.99. The minimum atomic E-state index is -3.76. The van der Waals surface area contributed by atoms with Gasteiger partial charge in [0.15, 0.2) is 0 Å². The average Bonchev–Trinajstić information content (AvgIpc) is 2.40. The third kappa shape index (κ3) is 1.99. The van der Waals surface area contributed by atoms with Gasteiger partial charge in [0.05, 0.1) is 5.30 Å². The van der Waals surface area contributed by atoms with Crippen molar-refractivity contribution in [2.75, 3.05) is 0 Å². The fourth-order valence-electron chi connectivity index (χ4n) is 2.49. The smallest absolute Gasteiger partial charge is 0.408 e. The molecule has 0 spiro atoms. The van der Waals surface area contributed by atoms with Crippen LogP contribution in [-0.2, 0) is 11.0 Å². The van der Waals surface area contributed by atoms with Crippen molar-refractivity contribution in [2.24, 2.45) is 0 Å². The molecule has 0 saturated heterocycles. The van der Waals surface area contributed by atoms with Crippen LogP contribution in [-0.4, -0.2) is 4.89 Å². The summed E-state index contributed by atoms with van der Waals surface area (Å²) >= 11 is 0. The van der Waals surface area contributed by atoms with Crippen molar-refractivity contribution in [3.05, 3.63) is 48.0 Å². The average molecular weight is 274 g/mol. The standard InChI is InChI=1S/C15H15O3P/c1-2-6-11-7-5-9-13-12-8-3-4-10-14(12)19(16,17)18-15(11)13/h3-5,7-10H,2,6H2,1H3,(H,16,17). The molecule has 1 aliphatic heterocycles. The molecule has 2 aromatic rings. The van der Waals surface area contributed by atoms with Crippen LogP contribution in [0.3, 0.4) is 0 Å². The lowest BCUT2D eigenvalue weighted by Crippen LogP contribution is -2.17. The molecule has 1 atom stereocenters. The molecule has 0 fully saturated rings. The lowest BCUT2D eigenvalue weighted by molar-refractivity contribution is 0.390. The molecule has 0 amide bonds. The number of hydrogen-bond donors (Lipinski definition) is 1. The molecule has 0 aromatic heterocycles. The van der Waals surface area contributed by atoms with E-state index in [1.165, 1.54) is 0 Å². The monoisotopic (exact) mass is 274 g/mol. The maximum absolute atomic E-state index is 12.3. The summed E-state index contributed by atoms with van der Waals surface area (Å²) in [7, 11) is -3.76. The van der Waals surface area contributed by atoms with E-state index in [1.807, 2.05) is 30.3 Å². The zero-order chi connectivity index (χ0) is 13.5. The fraction of sp³-hybridized carbons (Fsp3) is 0.200. The van der Waals surface area contributed by atoms with Gasteiger partial charge in [0.25, 0.3) is 0 Å². The van der Waals surface area contributed by atoms with Gasteiger partial charge in [-0.1, -0.05) is 49.7 Å². The summed E-state index contributed by atoms with van der Waals surface area (Å²) in [6.07, 6.45) is 1.81. The summed E-state index contributed by atoms with van der Waals surface area (Å²) in [6.45, 7) is 2.08. The topological polar surface area (TPSA) is 46.5 Å². The molecule has 98 valence electrons. The summed E-state index contributed by atoms with van der Waals surface area (Å²) in [6, 6.07) is 13.0. The number of fused-ring (bicyclic) bond motifs is 3. The molecular weight excluding hydrogens is 259 g/mol. The van der Waals surface area contributed by atoms with Crippen molar-refractivity contribution < 1.29 is 14.0 Å². The van der Waals surface area contributed by atoms with Crippen molar-refractivity contribution in [1.29, 1.82) is 0 Å². The van der Waals surface area contributed by atoms with Crippen LogP contribution in [0, 0.1) is 0 Å². The summed E-state index contributed by atoms with van der Waals surface area (Å²) in [5.41, 5.74) is 2.69. The van der Waals surface area contributed by atoms with Crippen molar-refractivity contribution in [3.8, 4) is 16.9 Å². The second-order valence-electron chi connectivity index (χ2n) is 4.67. The van der Waals surface area contributed by atoms with Crippen molar-refractivity contribution in [3.63, 3.8) is 0 Å². The number of para-hydroxylation sites is 1. The molecule has 1 heterocycles. The molecule has 0 radical (unpaired) electrons. The van der Waals surface area contributed by atoms with E-state index in [2.05, 4.69) is 6.92 Å². The van der Waals surface area contributed by atoms with Gasteiger partial charge in [0, 0.05) is 11.1 Å². The minimum Gasteiger partial charge on any atom is -0.420 e. The van der Waals surface area contributed by atoms with E-state index in [0.717, 1.165) is 29.5 Å². The minimum absolute atomic E-state index is 0.385.